The van der Waals surface area contributed by atoms with Crippen molar-refractivity contribution in [2.24, 2.45) is 40.4 Å². The minimum Gasteiger partial charge on any atom is -0.393 e. The van der Waals surface area contributed by atoms with E-state index in [0.29, 0.717) is 10.8 Å². The first-order valence-electron chi connectivity index (χ1n) is 13.3. The lowest BCUT2D eigenvalue weighted by Crippen LogP contribution is -2.50. The van der Waals surface area contributed by atoms with Gasteiger partial charge < -0.3 is 10.2 Å². The van der Waals surface area contributed by atoms with Gasteiger partial charge in [0, 0.05) is 0 Å². The summed E-state index contributed by atoms with van der Waals surface area (Å²) >= 11 is 0. The molecule has 3 fully saturated rings. The zero-order valence-corrected chi connectivity index (χ0v) is 22.6. The Hall–Kier alpha value is -0.470. The van der Waals surface area contributed by atoms with Gasteiger partial charge in [-0.1, -0.05) is 45.3 Å². The lowest BCUT2D eigenvalue weighted by molar-refractivity contribution is -0.0575. The van der Waals surface area contributed by atoms with Crippen molar-refractivity contribution in [2.75, 3.05) is 0 Å². The smallest absolute Gasteiger partial charge is 0.393 e. The van der Waals surface area contributed by atoms with Crippen LogP contribution in [0, 0.1) is 40.4 Å². The van der Waals surface area contributed by atoms with Gasteiger partial charge in [0.1, 0.15) is 0 Å². The van der Waals surface area contributed by atoms with E-state index in [0.717, 1.165) is 55.3 Å². The molecule has 4 N–H and O–H groups in total. The van der Waals surface area contributed by atoms with Gasteiger partial charge in [-0.05, 0) is 112 Å². The Kier molecular flexibility index (Phi) is 8.37. The van der Waals surface area contributed by atoms with Crippen molar-refractivity contribution in [3.05, 3.63) is 11.6 Å². The lowest BCUT2D eigenvalue weighted by Gasteiger charge is -2.58. The standard InChI is InChI=1S/C27H46O2.H2O4S/c1-18(7-6-14-25(2,3)29)22-10-11-23-21-9-8-19-17-20(28)12-15-26(19,4)24(21)13-16-27(22,23)5;1-5(2,3)4/h8,18,20-24,28-29H,6-7,9-17H2,1-5H3;(H2,1,2,3,4)/t18-,20+,21+,22-,23+,24+,26+,27-;/m1./s1. The Morgan fingerprint density at radius 2 is 1.74 bits per heavy atom. The molecule has 3 saturated carbocycles. The lowest BCUT2D eigenvalue weighted by atomic mass is 9.47. The Morgan fingerprint density at radius 3 is 2.35 bits per heavy atom. The molecule has 0 aromatic rings. The van der Waals surface area contributed by atoms with Gasteiger partial charge >= 0.3 is 10.4 Å². The van der Waals surface area contributed by atoms with Gasteiger partial charge in [-0.3, -0.25) is 9.11 Å². The molecule has 0 heterocycles. The third-order valence-electron chi connectivity index (χ3n) is 10.3. The molecule has 0 aromatic carbocycles. The Morgan fingerprint density at radius 1 is 1.09 bits per heavy atom. The van der Waals surface area contributed by atoms with Crippen molar-refractivity contribution in [2.45, 2.75) is 117 Å². The van der Waals surface area contributed by atoms with Crippen molar-refractivity contribution in [1.82, 2.24) is 0 Å². The maximum Gasteiger partial charge on any atom is 0.394 e. The predicted molar refractivity (Wildman–Crippen MR) is 135 cm³/mol. The van der Waals surface area contributed by atoms with Crippen molar-refractivity contribution >= 4 is 10.4 Å². The fraction of sp³-hybridized carbons (Fsp3) is 0.926. The van der Waals surface area contributed by atoms with Crippen LogP contribution in [0.3, 0.4) is 0 Å². The highest BCUT2D eigenvalue weighted by molar-refractivity contribution is 7.79. The number of rotatable bonds is 5. The summed E-state index contributed by atoms with van der Waals surface area (Å²) in [5, 5.41) is 20.3. The quantitative estimate of drug-likeness (QED) is 0.278. The molecule has 0 saturated heterocycles. The Labute approximate surface area is 207 Å². The van der Waals surface area contributed by atoms with Gasteiger partial charge in [0.15, 0.2) is 0 Å². The van der Waals surface area contributed by atoms with Crippen LogP contribution in [-0.2, 0) is 10.4 Å². The van der Waals surface area contributed by atoms with E-state index < -0.39 is 16.0 Å². The molecule has 7 heteroatoms. The maximum atomic E-state index is 10.2. The third kappa shape index (κ3) is 6.26. The highest BCUT2D eigenvalue weighted by Crippen LogP contribution is 2.67. The number of allylic oxidation sites excluding steroid dienone is 1. The minimum atomic E-state index is -4.67. The van der Waals surface area contributed by atoms with E-state index in [1.807, 2.05) is 13.8 Å². The van der Waals surface area contributed by atoms with Crippen molar-refractivity contribution < 1.29 is 27.7 Å². The summed E-state index contributed by atoms with van der Waals surface area (Å²) in [7, 11) is -4.67. The second-order valence-corrected chi connectivity index (χ2v) is 13.9. The molecule has 0 spiro atoms. The molecular weight excluding hydrogens is 452 g/mol. The second kappa shape index (κ2) is 10.1. The monoisotopic (exact) mass is 500 g/mol. The molecule has 4 aliphatic carbocycles. The first-order valence-corrected chi connectivity index (χ1v) is 14.7. The van der Waals surface area contributed by atoms with E-state index in [1.54, 1.807) is 5.57 Å². The number of aliphatic hydroxyl groups excluding tert-OH is 1. The average molecular weight is 501 g/mol. The fourth-order valence-electron chi connectivity index (χ4n) is 8.67. The molecule has 0 aromatic heterocycles. The van der Waals surface area contributed by atoms with Crippen molar-refractivity contribution in [3.63, 3.8) is 0 Å². The van der Waals surface area contributed by atoms with Crippen LogP contribution in [0.5, 0.6) is 0 Å². The molecule has 198 valence electrons. The van der Waals surface area contributed by atoms with E-state index in [9.17, 15) is 10.2 Å². The van der Waals surface area contributed by atoms with Crippen LogP contribution in [0.2, 0.25) is 0 Å². The molecule has 0 unspecified atom stereocenters. The van der Waals surface area contributed by atoms with E-state index in [2.05, 4.69) is 26.8 Å². The number of aliphatic hydroxyl groups is 2. The first-order chi connectivity index (χ1) is 15.5. The highest BCUT2D eigenvalue weighted by Gasteiger charge is 2.59. The number of hydrogen-bond donors (Lipinski definition) is 4. The molecule has 0 radical (unpaired) electrons. The molecule has 4 aliphatic rings. The van der Waals surface area contributed by atoms with Crippen LogP contribution in [0.4, 0.5) is 0 Å². The Bertz CT molecular complexity index is 838. The van der Waals surface area contributed by atoms with Gasteiger partial charge in [-0.15, -0.1) is 0 Å². The molecule has 0 bridgehead atoms. The minimum absolute atomic E-state index is 0.0969. The van der Waals surface area contributed by atoms with E-state index >= 15 is 0 Å². The first kappa shape index (κ1) is 28.1. The highest BCUT2D eigenvalue weighted by atomic mass is 32.3. The topological polar surface area (TPSA) is 115 Å². The SMILES string of the molecule is C[C@H](CCCC(C)(C)O)[C@H]1CC[C@H]2[C@@H]3CC=C4C[C@@H](O)CC[C@]4(C)[C@H]3CC[C@]12C.O=S(=O)(O)O. The number of hydrogen-bond acceptors (Lipinski definition) is 4. The van der Waals surface area contributed by atoms with Crippen molar-refractivity contribution in [1.29, 1.82) is 0 Å². The zero-order chi connectivity index (χ0) is 25.5. The molecule has 0 amide bonds. The Balaban J connectivity index is 0.000000588. The van der Waals surface area contributed by atoms with Crippen LogP contribution in [0.25, 0.3) is 0 Å². The van der Waals surface area contributed by atoms with Crippen LogP contribution in [0.15, 0.2) is 11.6 Å². The van der Waals surface area contributed by atoms with Crippen LogP contribution < -0.4 is 0 Å². The van der Waals surface area contributed by atoms with Crippen molar-refractivity contribution in [3.8, 4) is 0 Å². The fourth-order valence-corrected chi connectivity index (χ4v) is 8.67. The van der Waals surface area contributed by atoms with Gasteiger partial charge in [-0.25, -0.2) is 0 Å². The molecule has 6 nitrogen and oxygen atoms in total. The molecule has 0 aliphatic heterocycles. The maximum absolute atomic E-state index is 10.2. The molecular formula is C27H48O6S. The van der Waals surface area contributed by atoms with Crippen LogP contribution >= 0.6 is 0 Å². The normalized spacial score (nSPS) is 40.7. The van der Waals surface area contributed by atoms with Crippen LogP contribution in [0.1, 0.15) is 105 Å². The largest absolute Gasteiger partial charge is 0.394 e. The van der Waals surface area contributed by atoms with Gasteiger partial charge in [-0.2, -0.15) is 8.42 Å². The van der Waals surface area contributed by atoms with E-state index in [1.165, 1.54) is 44.9 Å². The molecule has 8 atom stereocenters. The summed E-state index contributed by atoms with van der Waals surface area (Å²) in [6.07, 6.45) is 15.9. The summed E-state index contributed by atoms with van der Waals surface area (Å²) in [5.41, 5.74) is 1.95. The van der Waals surface area contributed by atoms with Gasteiger partial charge in [0.25, 0.3) is 0 Å². The summed E-state index contributed by atoms with van der Waals surface area (Å²) in [6.45, 7) is 11.6. The van der Waals surface area contributed by atoms with Gasteiger partial charge in [0.05, 0.1) is 11.7 Å². The van der Waals surface area contributed by atoms with E-state index in [-0.39, 0.29) is 6.10 Å². The average Bonchev–Trinajstić information content (AvgIpc) is 3.03. The van der Waals surface area contributed by atoms with Crippen LogP contribution in [-0.4, -0.2) is 39.4 Å². The zero-order valence-electron chi connectivity index (χ0n) is 21.8. The number of fused-ring (bicyclic) bond motifs is 5. The third-order valence-corrected chi connectivity index (χ3v) is 10.3. The summed E-state index contributed by atoms with van der Waals surface area (Å²) in [4.78, 5) is 0. The molecule has 34 heavy (non-hydrogen) atoms. The predicted octanol–water partition coefficient (Wildman–Crippen LogP) is 5.85. The summed E-state index contributed by atoms with van der Waals surface area (Å²) in [5.74, 6) is 4.24. The molecule has 4 rings (SSSR count). The second-order valence-electron chi connectivity index (χ2n) is 13.0. The van der Waals surface area contributed by atoms with Gasteiger partial charge in [0.2, 0.25) is 0 Å². The summed E-state index contributed by atoms with van der Waals surface area (Å²) in [6, 6.07) is 0. The summed E-state index contributed by atoms with van der Waals surface area (Å²) < 4.78 is 31.6. The van der Waals surface area contributed by atoms with E-state index in [4.69, 9.17) is 17.5 Å².